The zero-order valence-electron chi connectivity index (χ0n) is 15.3. The number of halogens is 1. The van der Waals surface area contributed by atoms with Gasteiger partial charge in [-0.25, -0.2) is 0 Å². The molecule has 2 aromatic rings. The number of nitrogens with zero attached hydrogens (tertiary/aromatic N) is 1. The molecule has 1 fully saturated rings. The van der Waals surface area contributed by atoms with Crippen molar-refractivity contribution in [3.8, 4) is 5.75 Å². The number of carbonyl (C=O) groups is 2. The van der Waals surface area contributed by atoms with Crippen LogP contribution in [0, 0.1) is 0 Å². The summed E-state index contributed by atoms with van der Waals surface area (Å²) in [5, 5.41) is 5.87. The lowest BCUT2D eigenvalue weighted by molar-refractivity contribution is -0.125. The van der Waals surface area contributed by atoms with Gasteiger partial charge in [0.25, 0.3) is 5.91 Å². The van der Waals surface area contributed by atoms with Gasteiger partial charge in [0.05, 0.1) is 19.8 Å². The minimum absolute atomic E-state index is 0.131. The first-order valence-electron chi connectivity index (χ1n) is 8.98. The highest BCUT2D eigenvalue weighted by atomic mass is 35.5. The highest BCUT2D eigenvalue weighted by Gasteiger charge is 2.11. The van der Waals surface area contributed by atoms with Gasteiger partial charge in [0, 0.05) is 29.5 Å². The zero-order valence-corrected chi connectivity index (χ0v) is 16.1. The maximum absolute atomic E-state index is 12.0. The van der Waals surface area contributed by atoms with E-state index in [0.717, 1.165) is 32.0 Å². The molecular weight excluding hydrogens is 382 g/mol. The predicted molar refractivity (Wildman–Crippen MR) is 108 cm³/mol. The molecular formula is C20H22ClN3O4. The van der Waals surface area contributed by atoms with Crippen molar-refractivity contribution in [2.45, 2.75) is 0 Å². The van der Waals surface area contributed by atoms with E-state index in [0.29, 0.717) is 16.5 Å². The van der Waals surface area contributed by atoms with Crippen LogP contribution in [0.25, 0.3) is 0 Å². The van der Waals surface area contributed by atoms with Crippen LogP contribution in [0.15, 0.2) is 48.5 Å². The summed E-state index contributed by atoms with van der Waals surface area (Å²) in [5.74, 6) is -0.156. The molecule has 1 aliphatic rings. The second-order valence-electron chi connectivity index (χ2n) is 6.21. The van der Waals surface area contributed by atoms with Gasteiger partial charge in [0.15, 0.2) is 6.61 Å². The summed E-state index contributed by atoms with van der Waals surface area (Å²) in [5.41, 5.74) is 1.77. The Hall–Kier alpha value is -2.77. The minimum atomic E-state index is -0.382. The van der Waals surface area contributed by atoms with E-state index in [9.17, 15) is 9.59 Å². The molecule has 0 aromatic heterocycles. The molecule has 1 heterocycles. The Morgan fingerprint density at radius 2 is 1.68 bits per heavy atom. The number of rotatable bonds is 7. The van der Waals surface area contributed by atoms with E-state index in [4.69, 9.17) is 21.1 Å². The topological polar surface area (TPSA) is 79.9 Å². The monoisotopic (exact) mass is 403 g/mol. The van der Waals surface area contributed by atoms with Crippen LogP contribution in [0.5, 0.6) is 5.75 Å². The van der Waals surface area contributed by atoms with Crippen molar-refractivity contribution in [2.24, 2.45) is 0 Å². The van der Waals surface area contributed by atoms with E-state index in [1.807, 2.05) is 24.3 Å². The fourth-order valence-corrected chi connectivity index (χ4v) is 2.82. The molecule has 0 atom stereocenters. The van der Waals surface area contributed by atoms with Crippen LogP contribution in [-0.2, 0) is 14.3 Å². The fourth-order valence-electron chi connectivity index (χ4n) is 2.69. The normalized spacial score (nSPS) is 13.7. The van der Waals surface area contributed by atoms with Crippen LogP contribution in [0.3, 0.4) is 0 Å². The molecule has 0 unspecified atom stereocenters. The van der Waals surface area contributed by atoms with Crippen molar-refractivity contribution >= 4 is 34.8 Å². The average molecular weight is 404 g/mol. The van der Waals surface area contributed by atoms with E-state index in [1.54, 1.807) is 24.3 Å². The Morgan fingerprint density at radius 3 is 2.36 bits per heavy atom. The number of ether oxygens (including phenoxy) is 2. The molecule has 0 saturated carbocycles. The van der Waals surface area contributed by atoms with E-state index in [-0.39, 0.29) is 25.0 Å². The molecule has 0 radical (unpaired) electrons. The summed E-state index contributed by atoms with van der Waals surface area (Å²) in [6, 6.07) is 14.3. The summed E-state index contributed by atoms with van der Waals surface area (Å²) in [4.78, 5) is 26.0. The largest absolute Gasteiger partial charge is 0.484 e. The zero-order chi connectivity index (χ0) is 19.8. The van der Waals surface area contributed by atoms with Crippen molar-refractivity contribution in [3.05, 3.63) is 53.6 Å². The van der Waals surface area contributed by atoms with Gasteiger partial charge in [-0.2, -0.15) is 0 Å². The number of hydrogen-bond donors (Lipinski definition) is 2. The van der Waals surface area contributed by atoms with Gasteiger partial charge in [-0.3, -0.25) is 9.59 Å². The van der Waals surface area contributed by atoms with Crippen LogP contribution in [0.2, 0.25) is 5.02 Å². The van der Waals surface area contributed by atoms with Gasteiger partial charge >= 0.3 is 0 Å². The Kier molecular flexibility index (Phi) is 7.11. The molecule has 3 rings (SSSR count). The highest BCUT2D eigenvalue weighted by molar-refractivity contribution is 6.30. The number of carbonyl (C=O) groups excluding carboxylic acids is 2. The molecule has 7 nitrogen and oxygen atoms in total. The summed E-state index contributed by atoms with van der Waals surface area (Å²) in [6.07, 6.45) is 0. The van der Waals surface area contributed by atoms with Crippen molar-refractivity contribution < 1.29 is 19.1 Å². The molecule has 0 aliphatic carbocycles. The lowest BCUT2D eigenvalue weighted by Crippen LogP contribution is -2.36. The van der Waals surface area contributed by atoms with Crippen molar-refractivity contribution in [3.63, 3.8) is 0 Å². The molecule has 2 aromatic carbocycles. The lowest BCUT2D eigenvalue weighted by Gasteiger charge is -2.28. The first-order chi connectivity index (χ1) is 13.6. The summed E-state index contributed by atoms with van der Waals surface area (Å²) in [6.45, 7) is 2.85. The number of nitrogens with one attached hydrogen (secondary N) is 2. The van der Waals surface area contributed by atoms with Crippen LogP contribution in [0.4, 0.5) is 11.4 Å². The van der Waals surface area contributed by atoms with E-state index in [1.165, 1.54) is 0 Å². The third-order valence-corrected chi connectivity index (χ3v) is 4.41. The van der Waals surface area contributed by atoms with Crippen molar-refractivity contribution in [1.29, 1.82) is 0 Å². The molecule has 0 spiro atoms. The number of amides is 2. The maximum atomic E-state index is 12.0. The molecule has 28 heavy (non-hydrogen) atoms. The SMILES string of the molecule is O=C(COc1ccc(Cl)cc1)NCC(=O)Nc1ccc(N2CCOCC2)cc1. The first kappa shape index (κ1) is 20.0. The Balaban J connectivity index is 1.38. The molecule has 148 valence electrons. The number of benzene rings is 2. The van der Waals surface area contributed by atoms with Gasteiger partial charge in [-0.1, -0.05) is 11.6 Å². The minimum Gasteiger partial charge on any atom is -0.484 e. The van der Waals surface area contributed by atoms with E-state index >= 15 is 0 Å². The highest BCUT2D eigenvalue weighted by Crippen LogP contribution is 2.19. The van der Waals surface area contributed by atoms with Crippen molar-refractivity contribution in [2.75, 3.05) is 49.7 Å². The van der Waals surface area contributed by atoms with Crippen LogP contribution in [0.1, 0.15) is 0 Å². The number of anilines is 2. The molecule has 1 aliphatic heterocycles. The average Bonchev–Trinajstić information content (AvgIpc) is 2.73. The smallest absolute Gasteiger partial charge is 0.258 e. The van der Waals surface area contributed by atoms with Gasteiger partial charge in [0.2, 0.25) is 5.91 Å². The summed E-state index contributed by atoms with van der Waals surface area (Å²) >= 11 is 5.79. The van der Waals surface area contributed by atoms with Gasteiger partial charge in [0.1, 0.15) is 5.75 Å². The summed E-state index contributed by atoms with van der Waals surface area (Å²) in [7, 11) is 0. The maximum Gasteiger partial charge on any atom is 0.258 e. The fraction of sp³-hybridized carbons (Fsp3) is 0.300. The standard InChI is InChI=1S/C20H22ClN3O4/c21-15-1-7-18(8-2-15)28-14-20(26)22-13-19(25)23-16-3-5-17(6-4-16)24-9-11-27-12-10-24/h1-8H,9-14H2,(H,22,26)(H,23,25). The Morgan fingerprint density at radius 1 is 1.00 bits per heavy atom. The van der Waals surface area contributed by atoms with Gasteiger partial charge in [-0.05, 0) is 48.5 Å². The van der Waals surface area contributed by atoms with Crippen LogP contribution >= 0.6 is 11.6 Å². The first-order valence-corrected chi connectivity index (χ1v) is 9.35. The van der Waals surface area contributed by atoms with E-state index in [2.05, 4.69) is 15.5 Å². The Labute approximate surface area is 168 Å². The van der Waals surface area contributed by atoms with Gasteiger partial charge in [-0.15, -0.1) is 0 Å². The third-order valence-electron chi connectivity index (χ3n) is 4.16. The Bertz CT molecular complexity index is 790. The van der Waals surface area contributed by atoms with Crippen LogP contribution in [-0.4, -0.2) is 51.3 Å². The van der Waals surface area contributed by atoms with E-state index < -0.39 is 0 Å². The van der Waals surface area contributed by atoms with Gasteiger partial charge < -0.3 is 25.0 Å². The number of hydrogen-bond acceptors (Lipinski definition) is 5. The third kappa shape index (κ3) is 6.14. The molecule has 2 amide bonds. The lowest BCUT2D eigenvalue weighted by atomic mass is 10.2. The quantitative estimate of drug-likeness (QED) is 0.741. The molecule has 8 heteroatoms. The second-order valence-corrected chi connectivity index (χ2v) is 6.65. The van der Waals surface area contributed by atoms with Crippen molar-refractivity contribution in [1.82, 2.24) is 5.32 Å². The second kappa shape index (κ2) is 9.96. The molecule has 1 saturated heterocycles. The number of morpholine rings is 1. The predicted octanol–water partition coefficient (Wildman–Crippen LogP) is 2.31. The summed E-state index contributed by atoms with van der Waals surface area (Å²) < 4.78 is 10.7. The molecule has 2 N–H and O–H groups in total. The van der Waals surface area contributed by atoms with Crippen LogP contribution < -0.4 is 20.3 Å². The molecule has 0 bridgehead atoms.